The number of aromatic nitrogens is 2. The Hall–Kier alpha value is -1.36. The fraction of sp³-hybridized carbons (Fsp3) is 0.733. The topological polar surface area (TPSA) is 50.2 Å². The molecule has 20 heavy (non-hydrogen) atoms. The Kier molecular flexibility index (Phi) is 3.78. The number of nitrogens with zero attached hydrogens (tertiary/aromatic N) is 3. The Morgan fingerprint density at radius 2 is 2.30 bits per heavy atom. The fourth-order valence-corrected chi connectivity index (χ4v) is 3.52. The second-order valence-corrected chi connectivity index (χ2v) is 5.82. The molecule has 3 heterocycles. The molecule has 2 aliphatic rings. The van der Waals surface area contributed by atoms with Crippen molar-refractivity contribution in [2.24, 2.45) is 5.92 Å². The van der Waals surface area contributed by atoms with Crippen LogP contribution in [0.4, 0.5) is 0 Å². The number of rotatable bonds is 3. The maximum Gasteiger partial charge on any atom is 0.272 e. The second kappa shape index (κ2) is 5.56. The van der Waals surface area contributed by atoms with Gasteiger partial charge in [-0.3, -0.25) is 9.48 Å². The molecule has 0 bridgehead atoms. The summed E-state index contributed by atoms with van der Waals surface area (Å²) in [6.07, 6.45) is 3.24. The summed E-state index contributed by atoms with van der Waals surface area (Å²) in [7, 11) is 0. The molecule has 2 saturated heterocycles. The first kappa shape index (κ1) is 13.6. The summed E-state index contributed by atoms with van der Waals surface area (Å²) in [5.74, 6) is 0.800. The minimum atomic E-state index is 0.164. The maximum atomic E-state index is 12.9. The van der Waals surface area contributed by atoms with Crippen molar-refractivity contribution in [3.8, 4) is 0 Å². The SMILES string of the molecule is CCc1cc(C(=O)N2CCCC3CNCC32)n(CC)n1. The molecule has 1 N–H and O–H groups in total. The maximum absolute atomic E-state index is 12.9. The lowest BCUT2D eigenvalue weighted by molar-refractivity contribution is 0.0562. The molecular weight excluding hydrogens is 252 g/mol. The van der Waals surface area contributed by atoms with Crippen molar-refractivity contribution in [1.82, 2.24) is 20.0 Å². The summed E-state index contributed by atoms with van der Waals surface area (Å²) >= 11 is 0. The summed E-state index contributed by atoms with van der Waals surface area (Å²) < 4.78 is 1.85. The summed E-state index contributed by atoms with van der Waals surface area (Å²) in [5.41, 5.74) is 1.77. The second-order valence-electron chi connectivity index (χ2n) is 5.82. The van der Waals surface area contributed by atoms with Crippen molar-refractivity contribution in [3.05, 3.63) is 17.5 Å². The number of fused-ring (bicyclic) bond motifs is 1. The van der Waals surface area contributed by atoms with Crippen LogP contribution in [0, 0.1) is 5.92 Å². The number of amides is 1. The Bertz CT molecular complexity index is 496. The zero-order chi connectivity index (χ0) is 14.1. The molecule has 110 valence electrons. The van der Waals surface area contributed by atoms with Gasteiger partial charge in [-0.2, -0.15) is 5.10 Å². The first-order valence-corrected chi connectivity index (χ1v) is 7.83. The molecule has 1 aromatic heterocycles. The first-order chi connectivity index (χ1) is 9.74. The highest BCUT2D eigenvalue weighted by molar-refractivity contribution is 5.93. The van der Waals surface area contributed by atoms with Gasteiger partial charge in [0.15, 0.2) is 0 Å². The van der Waals surface area contributed by atoms with Crippen LogP contribution in [0.25, 0.3) is 0 Å². The number of hydrogen-bond donors (Lipinski definition) is 1. The summed E-state index contributed by atoms with van der Waals surface area (Å²) in [5, 5.41) is 7.93. The van der Waals surface area contributed by atoms with Gasteiger partial charge >= 0.3 is 0 Å². The van der Waals surface area contributed by atoms with Gasteiger partial charge in [0.05, 0.1) is 5.69 Å². The molecule has 0 aliphatic carbocycles. The fourth-order valence-electron chi connectivity index (χ4n) is 3.52. The normalized spacial score (nSPS) is 25.8. The minimum Gasteiger partial charge on any atom is -0.333 e. The third-order valence-electron chi connectivity index (χ3n) is 4.65. The predicted molar refractivity (Wildman–Crippen MR) is 77.7 cm³/mol. The van der Waals surface area contributed by atoms with Gasteiger partial charge in [-0.05, 0) is 38.2 Å². The van der Waals surface area contributed by atoms with Gasteiger partial charge in [-0.1, -0.05) is 6.92 Å². The molecule has 2 aliphatic heterocycles. The Labute approximate surface area is 120 Å². The molecule has 1 aromatic rings. The molecule has 2 atom stereocenters. The van der Waals surface area contributed by atoms with Crippen molar-refractivity contribution >= 4 is 5.91 Å². The average Bonchev–Trinajstić information content (AvgIpc) is 3.11. The highest BCUT2D eigenvalue weighted by Gasteiger charge is 2.38. The van der Waals surface area contributed by atoms with E-state index >= 15 is 0 Å². The number of carbonyl (C=O) groups is 1. The van der Waals surface area contributed by atoms with E-state index in [1.54, 1.807) is 0 Å². The Balaban J connectivity index is 1.86. The highest BCUT2D eigenvalue weighted by atomic mass is 16.2. The van der Waals surface area contributed by atoms with E-state index in [0.29, 0.717) is 12.0 Å². The zero-order valence-corrected chi connectivity index (χ0v) is 12.4. The highest BCUT2D eigenvalue weighted by Crippen LogP contribution is 2.27. The van der Waals surface area contributed by atoms with Crippen molar-refractivity contribution in [2.45, 2.75) is 45.7 Å². The molecule has 0 radical (unpaired) electrons. The molecule has 0 spiro atoms. The van der Waals surface area contributed by atoms with Crippen molar-refractivity contribution in [2.75, 3.05) is 19.6 Å². The van der Waals surface area contributed by atoms with E-state index in [-0.39, 0.29) is 5.91 Å². The number of hydrogen-bond acceptors (Lipinski definition) is 3. The Morgan fingerprint density at radius 3 is 3.05 bits per heavy atom. The van der Waals surface area contributed by atoms with E-state index in [2.05, 4.69) is 22.2 Å². The molecule has 0 saturated carbocycles. The number of piperidine rings is 1. The van der Waals surface area contributed by atoms with E-state index in [1.807, 2.05) is 17.7 Å². The van der Waals surface area contributed by atoms with E-state index < -0.39 is 0 Å². The molecule has 5 nitrogen and oxygen atoms in total. The van der Waals surface area contributed by atoms with Gasteiger partial charge < -0.3 is 10.2 Å². The van der Waals surface area contributed by atoms with Crippen LogP contribution >= 0.6 is 0 Å². The minimum absolute atomic E-state index is 0.164. The van der Waals surface area contributed by atoms with E-state index in [0.717, 1.165) is 50.4 Å². The lowest BCUT2D eigenvalue weighted by Crippen LogP contribution is -2.48. The number of nitrogens with one attached hydrogen (secondary N) is 1. The smallest absolute Gasteiger partial charge is 0.272 e. The van der Waals surface area contributed by atoms with Crippen LogP contribution < -0.4 is 5.32 Å². The van der Waals surface area contributed by atoms with Crippen molar-refractivity contribution < 1.29 is 4.79 Å². The largest absolute Gasteiger partial charge is 0.333 e. The quantitative estimate of drug-likeness (QED) is 0.905. The van der Waals surface area contributed by atoms with Crippen LogP contribution in [-0.2, 0) is 13.0 Å². The first-order valence-electron chi connectivity index (χ1n) is 7.83. The summed E-state index contributed by atoms with van der Waals surface area (Å²) in [6.45, 7) is 7.76. The molecule has 5 heteroatoms. The van der Waals surface area contributed by atoms with Gasteiger partial charge in [0.2, 0.25) is 0 Å². The van der Waals surface area contributed by atoms with Crippen LogP contribution in [0.15, 0.2) is 6.07 Å². The molecule has 2 fully saturated rings. The third-order valence-corrected chi connectivity index (χ3v) is 4.65. The molecule has 2 unspecified atom stereocenters. The van der Waals surface area contributed by atoms with Gasteiger partial charge in [0.1, 0.15) is 5.69 Å². The standard InChI is InChI=1S/C15H24N4O/c1-3-12-8-13(19(4-2)17-12)15(20)18-7-5-6-11-9-16-10-14(11)18/h8,11,14,16H,3-7,9-10H2,1-2H3. The zero-order valence-electron chi connectivity index (χ0n) is 12.4. The van der Waals surface area contributed by atoms with Crippen molar-refractivity contribution in [1.29, 1.82) is 0 Å². The van der Waals surface area contributed by atoms with Crippen LogP contribution in [0.5, 0.6) is 0 Å². The molecular formula is C15H24N4O. The van der Waals surface area contributed by atoms with Gasteiger partial charge in [0, 0.05) is 32.2 Å². The summed E-state index contributed by atoms with van der Waals surface area (Å²) in [4.78, 5) is 15.0. The molecule has 1 amide bonds. The van der Waals surface area contributed by atoms with Gasteiger partial charge in [0.25, 0.3) is 5.91 Å². The molecule has 3 rings (SSSR count). The van der Waals surface area contributed by atoms with E-state index in [4.69, 9.17) is 0 Å². The Morgan fingerprint density at radius 1 is 1.45 bits per heavy atom. The van der Waals surface area contributed by atoms with Crippen LogP contribution in [0.2, 0.25) is 0 Å². The summed E-state index contributed by atoms with van der Waals surface area (Å²) in [6, 6.07) is 2.35. The monoisotopic (exact) mass is 276 g/mol. The number of carbonyl (C=O) groups excluding carboxylic acids is 1. The van der Waals surface area contributed by atoms with Crippen LogP contribution in [0.3, 0.4) is 0 Å². The van der Waals surface area contributed by atoms with E-state index in [9.17, 15) is 4.79 Å². The number of aryl methyl sites for hydroxylation is 2. The van der Waals surface area contributed by atoms with Gasteiger partial charge in [-0.15, -0.1) is 0 Å². The lowest BCUT2D eigenvalue weighted by Gasteiger charge is -2.37. The molecule has 0 aromatic carbocycles. The third kappa shape index (κ3) is 2.24. The van der Waals surface area contributed by atoms with Crippen molar-refractivity contribution in [3.63, 3.8) is 0 Å². The van der Waals surface area contributed by atoms with Crippen LogP contribution in [-0.4, -0.2) is 46.3 Å². The van der Waals surface area contributed by atoms with E-state index in [1.165, 1.54) is 6.42 Å². The van der Waals surface area contributed by atoms with Gasteiger partial charge in [-0.25, -0.2) is 0 Å². The lowest BCUT2D eigenvalue weighted by atomic mass is 9.92. The predicted octanol–water partition coefficient (Wildman–Crippen LogP) is 1.29. The van der Waals surface area contributed by atoms with Crippen LogP contribution in [0.1, 0.15) is 42.9 Å². The number of likely N-dealkylation sites (tertiary alicyclic amines) is 1. The average molecular weight is 276 g/mol.